The number of halogens is 1. The molecule has 0 amide bonds. The Bertz CT molecular complexity index is 1310. The smallest absolute Gasteiger partial charge is 0.227 e. The van der Waals surface area contributed by atoms with Gasteiger partial charge in [0.2, 0.25) is 5.95 Å². The lowest BCUT2D eigenvalue weighted by atomic mass is 9.50. The fourth-order valence-corrected chi connectivity index (χ4v) is 6.95. The van der Waals surface area contributed by atoms with Crippen LogP contribution in [0.3, 0.4) is 0 Å². The van der Waals surface area contributed by atoms with Gasteiger partial charge in [-0.2, -0.15) is 5.10 Å². The van der Waals surface area contributed by atoms with Crippen molar-refractivity contribution >= 4 is 22.5 Å². The molecular weight excluding hydrogens is 459 g/mol. The van der Waals surface area contributed by atoms with Crippen LogP contribution in [-0.2, 0) is 10.3 Å². The number of aromatic nitrogens is 4. The number of likely N-dealkylation sites (tertiary alicyclic amines) is 1. The minimum absolute atomic E-state index is 0.106. The maximum absolute atomic E-state index is 15.5. The highest BCUT2D eigenvalue weighted by Gasteiger charge is 2.59. The maximum Gasteiger partial charge on any atom is 0.227 e. The van der Waals surface area contributed by atoms with E-state index in [1.165, 1.54) is 19.3 Å². The van der Waals surface area contributed by atoms with Crippen LogP contribution in [0.25, 0.3) is 10.9 Å². The predicted molar refractivity (Wildman–Crippen MR) is 134 cm³/mol. The number of aliphatic hydroxyl groups excluding tert-OH is 1. The molecule has 0 unspecified atom stereocenters. The van der Waals surface area contributed by atoms with Gasteiger partial charge >= 0.3 is 0 Å². The third-order valence-corrected chi connectivity index (χ3v) is 9.14. The summed E-state index contributed by atoms with van der Waals surface area (Å²) >= 11 is 0. The van der Waals surface area contributed by atoms with Crippen LogP contribution in [0.4, 0.5) is 16.0 Å². The van der Waals surface area contributed by atoms with Crippen LogP contribution in [0.15, 0.2) is 24.5 Å². The van der Waals surface area contributed by atoms with Crippen molar-refractivity contribution in [1.82, 2.24) is 24.6 Å². The molecular formula is C27H33FN6O2. The lowest BCUT2D eigenvalue weighted by Crippen LogP contribution is -2.60. The second kappa shape index (κ2) is 8.19. The molecule has 2 aromatic heterocycles. The van der Waals surface area contributed by atoms with E-state index in [1.807, 2.05) is 25.4 Å². The van der Waals surface area contributed by atoms with Gasteiger partial charge in [-0.3, -0.25) is 9.58 Å². The summed E-state index contributed by atoms with van der Waals surface area (Å²) < 4.78 is 23.0. The summed E-state index contributed by atoms with van der Waals surface area (Å²) in [5, 5.41) is 19.1. The van der Waals surface area contributed by atoms with E-state index in [-0.39, 0.29) is 17.5 Å². The van der Waals surface area contributed by atoms with Gasteiger partial charge in [-0.25, -0.2) is 14.4 Å². The van der Waals surface area contributed by atoms with E-state index in [0.717, 1.165) is 45.9 Å². The van der Waals surface area contributed by atoms with Crippen molar-refractivity contribution in [2.45, 2.75) is 69.3 Å². The van der Waals surface area contributed by atoms with E-state index in [4.69, 9.17) is 9.72 Å². The number of aliphatic hydroxyl groups is 1. The number of anilines is 2. The highest BCUT2D eigenvalue weighted by molar-refractivity contribution is 5.81. The summed E-state index contributed by atoms with van der Waals surface area (Å²) in [6.07, 6.45) is 6.60. The zero-order valence-corrected chi connectivity index (χ0v) is 20.8. The summed E-state index contributed by atoms with van der Waals surface area (Å²) in [5.41, 5.74) is 5.17. The Hall–Kier alpha value is -2.62. The first-order valence-corrected chi connectivity index (χ1v) is 13.1. The van der Waals surface area contributed by atoms with Gasteiger partial charge in [-0.15, -0.1) is 0 Å². The number of rotatable bonds is 5. The minimum atomic E-state index is -1.01. The molecule has 5 fully saturated rings. The van der Waals surface area contributed by atoms with E-state index < -0.39 is 12.3 Å². The van der Waals surface area contributed by atoms with Crippen LogP contribution in [0, 0.1) is 19.8 Å². The Balaban J connectivity index is 1.12. The molecule has 4 heterocycles. The molecule has 8 nitrogen and oxygen atoms in total. The topological polar surface area (TPSA) is 88.3 Å². The first-order valence-electron chi connectivity index (χ1n) is 13.1. The molecule has 3 saturated carbocycles. The summed E-state index contributed by atoms with van der Waals surface area (Å²) in [6, 6.07) is 4.00. The number of ether oxygens (including phenoxy) is 1. The Kier molecular flexibility index (Phi) is 5.14. The number of nitrogens with one attached hydrogen (secondary N) is 1. The minimum Gasteiger partial charge on any atom is -0.389 e. The zero-order chi connectivity index (χ0) is 24.6. The Morgan fingerprint density at radius 2 is 2.00 bits per heavy atom. The molecule has 9 heteroatoms. The number of hydrogen-bond acceptors (Lipinski definition) is 7. The molecule has 190 valence electrons. The van der Waals surface area contributed by atoms with Gasteiger partial charge in [0.25, 0.3) is 0 Å². The van der Waals surface area contributed by atoms with Gasteiger partial charge in [-0.05, 0) is 75.3 Å². The van der Waals surface area contributed by atoms with E-state index in [9.17, 15) is 5.11 Å². The Morgan fingerprint density at radius 1 is 1.17 bits per heavy atom. The lowest BCUT2D eigenvalue weighted by molar-refractivity contribution is -0.0990. The summed E-state index contributed by atoms with van der Waals surface area (Å²) in [5.74, 6) is 1.23. The molecule has 5 aliphatic rings. The Labute approximate surface area is 209 Å². The quantitative estimate of drug-likeness (QED) is 0.563. The second-order valence-electron chi connectivity index (χ2n) is 11.4. The van der Waals surface area contributed by atoms with Crippen molar-refractivity contribution in [3.8, 4) is 0 Å². The highest BCUT2D eigenvalue weighted by atomic mass is 19.1. The van der Waals surface area contributed by atoms with E-state index in [1.54, 1.807) is 0 Å². The average molecular weight is 493 g/mol. The third-order valence-electron chi connectivity index (χ3n) is 9.14. The van der Waals surface area contributed by atoms with Gasteiger partial charge in [0, 0.05) is 24.0 Å². The van der Waals surface area contributed by atoms with Crippen LogP contribution in [-0.4, -0.2) is 74.4 Å². The lowest BCUT2D eigenvalue weighted by Gasteiger charge is -2.61. The number of benzene rings is 1. The molecule has 2 bridgehead atoms. The molecule has 8 rings (SSSR count). The summed E-state index contributed by atoms with van der Waals surface area (Å²) in [4.78, 5) is 11.4. The van der Waals surface area contributed by atoms with Gasteiger partial charge in [-0.1, -0.05) is 0 Å². The summed E-state index contributed by atoms with van der Waals surface area (Å²) in [7, 11) is 0. The monoisotopic (exact) mass is 492 g/mol. The molecule has 2 aliphatic heterocycles. The molecule has 0 spiro atoms. The molecule has 3 aromatic rings. The van der Waals surface area contributed by atoms with Crippen molar-refractivity contribution in [3.05, 3.63) is 41.3 Å². The number of fused-ring (bicyclic) bond motifs is 1. The standard InChI is InChI=1S/C27H33FN6O2/c1-15-5-18-10-29-26(32-23-11-30-34(16(23)2)27-7-17(8-27)9-27)31-22(18)6-20(15)19-3-4-33(12-21(19)28)24-13-36-14-25(24)35/h5-6,10-11,17,19,21,24-25,35H,3-4,7-9,12-14H2,1-2H3,(H,29,31,32)/t17?,19-,21+,24-,25+,27?/m0/s1. The van der Waals surface area contributed by atoms with Crippen LogP contribution in [0.2, 0.25) is 0 Å². The van der Waals surface area contributed by atoms with Crippen molar-refractivity contribution in [1.29, 1.82) is 0 Å². The molecule has 2 N–H and O–H groups in total. The molecule has 4 atom stereocenters. The molecule has 36 heavy (non-hydrogen) atoms. The number of alkyl halides is 1. The van der Waals surface area contributed by atoms with Gasteiger partial charge in [0.1, 0.15) is 6.17 Å². The number of aryl methyl sites for hydroxylation is 1. The largest absolute Gasteiger partial charge is 0.389 e. The fraction of sp³-hybridized carbons (Fsp3) is 0.593. The molecule has 0 radical (unpaired) electrons. The SMILES string of the molecule is Cc1cc2cnc(Nc3cnn(C45CC(C4)C5)c3C)nc2cc1[C@@H]1CCN([C@H]2COC[C@H]2O)C[C@H]1F. The maximum atomic E-state index is 15.5. The average Bonchev–Trinajstić information content (AvgIpc) is 3.38. The van der Waals surface area contributed by atoms with Crippen LogP contribution < -0.4 is 5.32 Å². The van der Waals surface area contributed by atoms with Gasteiger partial charge in [0.15, 0.2) is 0 Å². The predicted octanol–water partition coefficient (Wildman–Crippen LogP) is 3.58. The first kappa shape index (κ1) is 22.6. The van der Waals surface area contributed by atoms with Crippen molar-refractivity contribution < 1.29 is 14.2 Å². The van der Waals surface area contributed by atoms with E-state index >= 15 is 4.39 Å². The van der Waals surface area contributed by atoms with Crippen molar-refractivity contribution in [2.24, 2.45) is 5.92 Å². The van der Waals surface area contributed by atoms with E-state index in [0.29, 0.717) is 32.1 Å². The molecule has 3 aliphatic carbocycles. The molecule has 1 aromatic carbocycles. The zero-order valence-electron chi connectivity index (χ0n) is 20.8. The highest BCUT2D eigenvalue weighted by Crippen LogP contribution is 2.62. The van der Waals surface area contributed by atoms with Gasteiger partial charge < -0.3 is 15.2 Å². The number of piperidine rings is 1. The first-order chi connectivity index (χ1) is 17.4. The van der Waals surface area contributed by atoms with Crippen LogP contribution in [0.1, 0.15) is 48.4 Å². The van der Waals surface area contributed by atoms with E-state index in [2.05, 4.69) is 38.0 Å². The third kappa shape index (κ3) is 3.47. The Morgan fingerprint density at radius 3 is 2.69 bits per heavy atom. The molecule has 2 saturated heterocycles. The van der Waals surface area contributed by atoms with Crippen molar-refractivity contribution in [2.75, 3.05) is 31.6 Å². The number of hydrogen-bond donors (Lipinski definition) is 2. The number of nitrogens with zero attached hydrogens (tertiary/aromatic N) is 5. The van der Waals surface area contributed by atoms with Crippen molar-refractivity contribution in [3.63, 3.8) is 0 Å². The normalized spacial score (nSPS) is 33.9. The summed E-state index contributed by atoms with van der Waals surface area (Å²) in [6.45, 7) is 6.01. The second-order valence-corrected chi connectivity index (χ2v) is 11.4. The van der Waals surface area contributed by atoms with Crippen LogP contribution >= 0.6 is 0 Å². The fourth-order valence-electron chi connectivity index (χ4n) is 6.95. The van der Waals surface area contributed by atoms with Gasteiger partial charge in [0.05, 0.1) is 54.0 Å². The van der Waals surface area contributed by atoms with Crippen LogP contribution in [0.5, 0.6) is 0 Å².